The highest BCUT2D eigenvalue weighted by Gasteiger charge is 2.08. The number of aryl methyl sites for hydroxylation is 1. The van der Waals surface area contributed by atoms with Gasteiger partial charge in [0.15, 0.2) is 0 Å². The van der Waals surface area contributed by atoms with Crippen LogP contribution in [0.3, 0.4) is 0 Å². The molecule has 0 fully saturated rings. The summed E-state index contributed by atoms with van der Waals surface area (Å²) in [5.74, 6) is 2.85. The predicted molar refractivity (Wildman–Crippen MR) is 76.6 cm³/mol. The minimum absolute atomic E-state index is 0.235. The van der Waals surface area contributed by atoms with Crippen LogP contribution in [-0.4, -0.2) is 13.7 Å². The van der Waals surface area contributed by atoms with E-state index in [2.05, 4.69) is 24.4 Å². The van der Waals surface area contributed by atoms with Gasteiger partial charge in [-0.25, -0.2) is 0 Å². The van der Waals surface area contributed by atoms with Gasteiger partial charge in [0, 0.05) is 0 Å². The zero-order valence-electron chi connectivity index (χ0n) is 11.8. The summed E-state index contributed by atoms with van der Waals surface area (Å²) in [5, 5.41) is 3.46. The van der Waals surface area contributed by atoms with Gasteiger partial charge in [-0.2, -0.15) is 0 Å². The average molecular weight is 259 g/mol. The number of methoxy groups -OCH3 is 1. The van der Waals surface area contributed by atoms with Crippen LogP contribution in [0.25, 0.3) is 0 Å². The Bertz CT molecular complexity index is 519. The lowest BCUT2D eigenvalue weighted by molar-refractivity contribution is 0.412. The lowest BCUT2D eigenvalue weighted by Crippen LogP contribution is -2.20. The Morgan fingerprint density at radius 3 is 2.79 bits per heavy atom. The molecule has 0 aliphatic rings. The third kappa shape index (κ3) is 3.86. The normalized spacial score (nSPS) is 12.4. The molecule has 0 saturated carbocycles. The molecule has 1 atom stereocenters. The van der Waals surface area contributed by atoms with Crippen molar-refractivity contribution in [1.29, 1.82) is 0 Å². The minimum atomic E-state index is 0.235. The van der Waals surface area contributed by atoms with Gasteiger partial charge in [0.25, 0.3) is 0 Å². The summed E-state index contributed by atoms with van der Waals surface area (Å²) in [6.07, 6.45) is 0.973. The molecule has 0 radical (unpaired) electrons. The standard InChI is InChI=1S/C16H21NO2/c1-12-7-8-16(19-12)13(2)17-10-9-14-5-4-6-15(11-14)18-3/h4-8,11,13,17H,9-10H2,1-3H3. The maximum Gasteiger partial charge on any atom is 0.120 e. The highest BCUT2D eigenvalue weighted by atomic mass is 16.5. The first kappa shape index (κ1) is 13.7. The maximum atomic E-state index is 5.60. The van der Waals surface area contributed by atoms with E-state index in [0.29, 0.717) is 0 Å². The first-order chi connectivity index (χ1) is 9.19. The number of benzene rings is 1. The molecule has 0 aliphatic carbocycles. The van der Waals surface area contributed by atoms with Gasteiger partial charge in [-0.1, -0.05) is 12.1 Å². The van der Waals surface area contributed by atoms with Crippen molar-refractivity contribution in [2.24, 2.45) is 0 Å². The predicted octanol–water partition coefficient (Wildman–Crippen LogP) is 3.49. The summed E-state index contributed by atoms with van der Waals surface area (Å²) >= 11 is 0. The van der Waals surface area contributed by atoms with Crippen LogP contribution in [0.2, 0.25) is 0 Å². The summed E-state index contributed by atoms with van der Waals surface area (Å²) in [6.45, 7) is 4.99. The van der Waals surface area contributed by atoms with Crippen LogP contribution >= 0.6 is 0 Å². The van der Waals surface area contributed by atoms with Gasteiger partial charge < -0.3 is 14.5 Å². The Morgan fingerprint density at radius 1 is 1.26 bits per heavy atom. The van der Waals surface area contributed by atoms with Gasteiger partial charge >= 0.3 is 0 Å². The topological polar surface area (TPSA) is 34.4 Å². The fourth-order valence-electron chi connectivity index (χ4n) is 2.05. The fraction of sp³-hybridized carbons (Fsp3) is 0.375. The van der Waals surface area contributed by atoms with Gasteiger partial charge in [-0.05, 0) is 56.6 Å². The molecule has 0 aliphatic heterocycles. The molecule has 3 nitrogen and oxygen atoms in total. The number of rotatable bonds is 6. The van der Waals surface area contributed by atoms with E-state index in [9.17, 15) is 0 Å². The van der Waals surface area contributed by atoms with E-state index >= 15 is 0 Å². The first-order valence-corrected chi connectivity index (χ1v) is 6.61. The zero-order chi connectivity index (χ0) is 13.7. The molecule has 0 bridgehead atoms. The number of furan rings is 1. The lowest BCUT2D eigenvalue weighted by atomic mass is 10.1. The molecule has 1 heterocycles. The Morgan fingerprint density at radius 2 is 2.11 bits per heavy atom. The van der Waals surface area contributed by atoms with Crippen LogP contribution < -0.4 is 10.1 Å². The van der Waals surface area contributed by atoms with Crippen molar-refractivity contribution in [2.45, 2.75) is 26.3 Å². The van der Waals surface area contributed by atoms with Crippen molar-refractivity contribution in [3.05, 3.63) is 53.5 Å². The molecule has 0 amide bonds. The molecule has 0 spiro atoms. The van der Waals surface area contributed by atoms with Crippen molar-refractivity contribution in [1.82, 2.24) is 5.32 Å². The van der Waals surface area contributed by atoms with Crippen molar-refractivity contribution in [3.63, 3.8) is 0 Å². The van der Waals surface area contributed by atoms with E-state index in [1.807, 2.05) is 31.2 Å². The second kappa shape index (κ2) is 6.43. The highest BCUT2D eigenvalue weighted by molar-refractivity contribution is 5.28. The van der Waals surface area contributed by atoms with Crippen LogP contribution in [0.15, 0.2) is 40.8 Å². The molecule has 1 unspecified atom stereocenters. The van der Waals surface area contributed by atoms with E-state index in [1.165, 1.54) is 5.56 Å². The minimum Gasteiger partial charge on any atom is -0.497 e. The Balaban J connectivity index is 1.82. The molecule has 2 rings (SSSR count). The SMILES string of the molecule is COc1cccc(CCNC(C)c2ccc(C)o2)c1. The third-order valence-corrected chi connectivity index (χ3v) is 3.19. The quantitative estimate of drug-likeness (QED) is 0.862. The smallest absolute Gasteiger partial charge is 0.120 e. The molecule has 1 N–H and O–H groups in total. The van der Waals surface area contributed by atoms with Crippen molar-refractivity contribution in [3.8, 4) is 5.75 Å². The Hall–Kier alpha value is -1.74. The molecule has 3 heteroatoms. The van der Waals surface area contributed by atoms with Gasteiger partial charge in [0.2, 0.25) is 0 Å². The van der Waals surface area contributed by atoms with Crippen molar-refractivity contribution < 1.29 is 9.15 Å². The molecule has 102 valence electrons. The fourth-order valence-corrected chi connectivity index (χ4v) is 2.05. The van der Waals surface area contributed by atoms with Crippen LogP contribution in [0.1, 0.15) is 30.0 Å². The zero-order valence-corrected chi connectivity index (χ0v) is 11.8. The number of ether oxygens (including phenoxy) is 1. The molecule has 1 aromatic carbocycles. The molecule has 19 heavy (non-hydrogen) atoms. The average Bonchev–Trinajstić information content (AvgIpc) is 2.86. The highest BCUT2D eigenvalue weighted by Crippen LogP contribution is 2.16. The molecular weight excluding hydrogens is 238 g/mol. The summed E-state index contributed by atoms with van der Waals surface area (Å²) in [6, 6.07) is 12.4. The number of hydrogen-bond donors (Lipinski definition) is 1. The van der Waals surface area contributed by atoms with Crippen molar-refractivity contribution >= 4 is 0 Å². The van der Waals surface area contributed by atoms with Gasteiger partial charge in [0.05, 0.1) is 13.2 Å². The molecule has 0 saturated heterocycles. The van der Waals surface area contributed by atoms with Crippen LogP contribution in [0.5, 0.6) is 5.75 Å². The summed E-state index contributed by atoms with van der Waals surface area (Å²) < 4.78 is 10.8. The Labute approximate surface area is 114 Å². The van der Waals surface area contributed by atoms with E-state index < -0.39 is 0 Å². The maximum absolute atomic E-state index is 5.60. The van der Waals surface area contributed by atoms with Gasteiger partial charge in [-0.15, -0.1) is 0 Å². The molecule has 2 aromatic rings. The summed E-state index contributed by atoms with van der Waals surface area (Å²) in [4.78, 5) is 0. The third-order valence-electron chi connectivity index (χ3n) is 3.19. The van der Waals surface area contributed by atoms with E-state index in [1.54, 1.807) is 7.11 Å². The lowest BCUT2D eigenvalue weighted by Gasteiger charge is -2.11. The van der Waals surface area contributed by atoms with Gasteiger partial charge in [0.1, 0.15) is 17.3 Å². The van der Waals surface area contributed by atoms with E-state index in [0.717, 1.165) is 30.2 Å². The number of hydrogen-bond acceptors (Lipinski definition) is 3. The van der Waals surface area contributed by atoms with Gasteiger partial charge in [-0.3, -0.25) is 0 Å². The Kier molecular flexibility index (Phi) is 4.63. The monoisotopic (exact) mass is 259 g/mol. The molecular formula is C16H21NO2. The molecule has 1 aromatic heterocycles. The van der Waals surface area contributed by atoms with E-state index in [4.69, 9.17) is 9.15 Å². The van der Waals surface area contributed by atoms with Crippen LogP contribution in [0, 0.1) is 6.92 Å². The van der Waals surface area contributed by atoms with Crippen LogP contribution in [0.4, 0.5) is 0 Å². The second-order valence-corrected chi connectivity index (χ2v) is 4.73. The first-order valence-electron chi connectivity index (χ1n) is 6.61. The largest absolute Gasteiger partial charge is 0.497 e. The second-order valence-electron chi connectivity index (χ2n) is 4.73. The summed E-state index contributed by atoms with van der Waals surface area (Å²) in [5.41, 5.74) is 1.27. The van der Waals surface area contributed by atoms with Crippen LogP contribution in [-0.2, 0) is 6.42 Å². The van der Waals surface area contributed by atoms with E-state index in [-0.39, 0.29) is 6.04 Å². The summed E-state index contributed by atoms with van der Waals surface area (Å²) in [7, 11) is 1.69. The number of nitrogens with one attached hydrogen (secondary N) is 1. The van der Waals surface area contributed by atoms with Crippen molar-refractivity contribution in [2.75, 3.05) is 13.7 Å².